The Hall–Kier alpha value is -2.96. The van der Waals surface area contributed by atoms with Crippen LogP contribution in [0.3, 0.4) is 0 Å². The molecule has 108 valence electrons. The molecule has 3 N–H and O–H groups in total. The highest BCUT2D eigenvalue weighted by atomic mass is 16.4. The van der Waals surface area contributed by atoms with E-state index in [1.165, 1.54) is 12.3 Å². The Kier molecular flexibility index (Phi) is 4.45. The van der Waals surface area contributed by atoms with E-state index in [4.69, 9.17) is 5.11 Å². The molecule has 21 heavy (non-hydrogen) atoms. The Bertz CT molecular complexity index is 656. The number of carboxylic acid groups (broad SMARTS) is 1. The molecule has 7 nitrogen and oxygen atoms in total. The monoisotopic (exact) mass is 286 g/mol. The van der Waals surface area contributed by atoms with Gasteiger partial charge in [-0.3, -0.25) is 4.98 Å². The lowest BCUT2D eigenvalue weighted by atomic mass is 10.2. The summed E-state index contributed by atoms with van der Waals surface area (Å²) >= 11 is 0. The van der Waals surface area contributed by atoms with Crippen LogP contribution in [0.15, 0.2) is 36.7 Å². The van der Waals surface area contributed by atoms with Gasteiger partial charge in [-0.1, -0.05) is 6.07 Å². The number of rotatable bonds is 4. The van der Waals surface area contributed by atoms with Crippen LogP contribution < -0.4 is 10.6 Å². The Morgan fingerprint density at radius 2 is 2.05 bits per heavy atom. The molecular weight excluding hydrogens is 272 g/mol. The van der Waals surface area contributed by atoms with Gasteiger partial charge in [0.2, 0.25) is 0 Å². The zero-order chi connectivity index (χ0) is 15.2. The summed E-state index contributed by atoms with van der Waals surface area (Å²) in [4.78, 5) is 30.6. The Labute approximate surface area is 121 Å². The number of carbonyl (C=O) groups excluding carboxylic acids is 1. The highest BCUT2D eigenvalue weighted by molar-refractivity contribution is 5.98. The van der Waals surface area contributed by atoms with Crippen LogP contribution >= 0.6 is 0 Å². The molecule has 0 saturated heterocycles. The largest absolute Gasteiger partial charge is 0.476 e. The molecule has 0 spiro atoms. The maximum Gasteiger partial charge on any atom is 0.356 e. The number of hydrogen-bond acceptors (Lipinski definition) is 4. The van der Waals surface area contributed by atoms with Crippen LogP contribution in [0.5, 0.6) is 0 Å². The van der Waals surface area contributed by atoms with Crippen LogP contribution in [0, 0.1) is 6.92 Å². The minimum atomic E-state index is -1.20. The smallest absolute Gasteiger partial charge is 0.356 e. The fourth-order valence-corrected chi connectivity index (χ4v) is 1.63. The average Bonchev–Trinajstić information content (AvgIpc) is 2.47. The molecule has 0 atom stereocenters. The van der Waals surface area contributed by atoms with Crippen LogP contribution in [0.2, 0.25) is 0 Å². The van der Waals surface area contributed by atoms with Gasteiger partial charge in [-0.15, -0.1) is 0 Å². The Morgan fingerprint density at radius 3 is 2.71 bits per heavy atom. The second-order valence-electron chi connectivity index (χ2n) is 4.32. The van der Waals surface area contributed by atoms with Crippen molar-refractivity contribution >= 4 is 17.7 Å². The van der Waals surface area contributed by atoms with Gasteiger partial charge in [0.15, 0.2) is 5.69 Å². The lowest BCUT2D eigenvalue weighted by Crippen LogP contribution is -2.29. The van der Waals surface area contributed by atoms with Gasteiger partial charge in [-0.25, -0.2) is 14.6 Å². The van der Waals surface area contributed by atoms with E-state index in [0.29, 0.717) is 6.54 Å². The van der Waals surface area contributed by atoms with Crippen LogP contribution in [0.25, 0.3) is 0 Å². The summed E-state index contributed by atoms with van der Waals surface area (Å²) in [5.41, 5.74) is 1.68. The summed E-state index contributed by atoms with van der Waals surface area (Å²) in [7, 11) is 0. The van der Waals surface area contributed by atoms with Crippen molar-refractivity contribution in [2.75, 3.05) is 5.32 Å². The number of aryl methyl sites for hydroxylation is 1. The van der Waals surface area contributed by atoms with E-state index in [9.17, 15) is 9.59 Å². The van der Waals surface area contributed by atoms with Gasteiger partial charge in [-0.2, -0.15) is 0 Å². The first-order valence-electron chi connectivity index (χ1n) is 6.21. The number of carbonyl (C=O) groups is 2. The van der Waals surface area contributed by atoms with Crippen molar-refractivity contribution < 1.29 is 14.7 Å². The Balaban J connectivity index is 1.96. The first-order chi connectivity index (χ1) is 10.1. The molecule has 0 radical (unpaired) electrons. The molecule has 0 aliphatic rings. The van der Waals surface area contributed by atoms with Crippen molar-refractivity contribution in [1.29, 1.82) is 0 Å². The third-order valence-corrected chi connectivity index (χ3v) is 2.68. The molecule has 7 heteroatoms. The molecule has 2 rings (SSSR count). The summed E-state index contributed by atoms with van der Waals surface area (Å²) in [6.45, 7) is 2.17. The molecule has 0 unspecified atom stereocenters. The van der Waals surface area contributed by atoms with E-state index < -0.39 is 12.0 Å². The first kappa shape index (κ1) is 14.4. The lowest BCUT2D eigenvalue weighted by molar-refractivity contribution is 0.0691. The molecule has 0 aliphatic carbocycles. The summed E-state index contributed by atoms with van der Waals surface area (Å²) in [5, 5.41) is 14.1. The zero-order valence-corrected chi connectivity index (χ0v) is 11.3. The molecule has 0 aromatic carbocycles. The SMILES string of the molecule is Cc1ccc(CNC(=O)Nc2cccnc2C(=O)O)cn1. The number of aromatic nitrogens is 2. The van der Waals surface area contributed by atoms with E-state index in [-0.39, 0.29) is 11.4 Å². The number of carboxylic acids is 1. The number of hydrogen-bond donors (Lipinski definition) is 3. The van der Waals surface area contributed by atoms with E-state index in [1.807, 2.05) is 19.1 Å². The number of nitrogens with one attached hydrogen (secondary N) is 2. The molecule has 0 aliphatic heterocycles. The minimum Gasteiger partial charge on any atom is -0.476 e. The zero-order valence-electron chi connectivity index (χ0n) is 11.3. The van der Waals surface area contributed by atoms with Crippen molar-refractivity contribution in [2.24, 2.45) is 0 Å². The summed E-state index contributed by atoms with van der Waals surface area (Å²) < 4.78 is 0. The molecule has 2 aromatic heterocycles. The van der Waals surface area contributed by atoms with E-state index in [1.54, 1.807) is 12.3 Å². The van der Waals surface area contributed by atoms with Crippen LogP contribution in [0.1, 0.15) is 21.7 Å². The van der Waals surface area contributed by atoms with Gasteiger partial charge in [-0.05, 0) is 30.7 Å². The van der Waals surface area contributed by atoms with Crippen molar-refractivity contribution in [3.05, 3.63) is 53.6 Å². The predicted molar refractivity (Wildman–Crippen MR) is 76.0 cm³/mol. The highest BCUT2D eigenvalue weighted by Gasteiger charge is 2.12. The normalized spacial score (nSPS) is 9.95. The van der Waals surface area contributed by atoms with Crippen molar-refractivity contribution in [1.82, 2.24) is 15.3 Å². The maximum atomic E-state index is 11.8. The highest BCUT2D eigenvalue weighted by Crippen LogP contribution is 2.11. The predicted octanol–water partition coefficient (Wildman–Crippen LogP) is 1.80. The summed E-state index contributed by atoms with van der Waals surface area (Å²) in [6, 6.07) is 6.22. The van der Waals surface area contributed by atoms with Crippen LogP contribution in [-0.4, -0.2) is 27.1 Å². The van der Waals surface area contributed by atoms with Crippen LogP contribution in [0.4, 0.5) is 10.5 Å². The van der Waals surface area contributed by atoms with Crippen molar-refractivity contribution in [3.8, 4) is 0 Å². The van der Waals surface area contributed by atoms with Gasteiger partial charge < -0.3 is 15.7 Å². The molecular formula is C14H14N4O3. The van der Waals surface area contributed by atoms with Gasteiger partial charge in [0.05, 0.1) is 5.69 Å². The number of urea groups is 1. The second-order valence-corrected chi connectivity index (χ2v) is 4.32. The number of amides is 2. The minimum absolute atomic E-state index is 0.143. The van der Waals surface area contributed by atoms with Gasteiger partial charge in [0, 0.05) is 24.6 Å². The maximum absolute atomic E-state index is 11.8. The molecule has 0 bridgehead atoms. The number of anilines is 1. The third-order valence-electron chi connectivity index (χ3n) is 2.68. The number of aromatic carboxylic acids is 1. The topological polar surface area (TPSA) is 104 Å². The average molecular weight is 286 g/mol. The summed E-state index contributed by atoms with van der Waals surface area (Å²) in [5.74, 6) is -1.20. The fourth-order valence-electron chi connectivity index (χ4n) is 1.63. The van der Waals surface area contributed by atoms with Crippen molar-refractivity contribution in [3.63, 3.8) is 0 Å². The number of nitrogens with zero attached hydrogens (tertiary/aromatic N) is 2. The lowest BCUT2D eigenvalue weighted by Gasteiger charge is -2.09. The van der Waals surface area contributed by atoms with Gasteiger partial charge in [0.1, 0.15) is 0 Å². The Morgan fingerprint density at radius 1 is 1.24 bits per heavy atom. The van der Waals surface area contributed by atoms with Gasteiger partial charge in [0.25, 0.3) is 0 Å². The second kappa shape index (κ2) is 6.47. The number of pyridine rings is 2. The fraction of sp³-hybridized carbons (Fsp3) is 0.143. The van der Waals surface area contributed by atoms with Gasteiger partial charge >= 0.3 is 12.0 Å². The molecule has 2 amide bonds. The quantitative estimate of drug-likeness (QED) is 0.795. The summed E-state index contributed by atoms with van der Waals surface area (Å²) in [6.07, 6.45) is 3.02. The van der Waals surface area contributed by atoms with E-state index in [0.717, 1.165) is 11.3 Å². The molecule has 0 fully saturated rings. The molecule has 2 heterocycles. The third kappa shape index (κ3) is 4.00. The molecule has 0 saturated carbocycles. The molecule has 2 aromatic rings. The standard InChI is InChI=1S/C14H14N4O3/c1-9-4-5-10(7-16-9)8-17-14(21)18-11-3-2-6-15-12(11)13(19)20/h2-7H,8H2,1H3,(H,19,20)(H2,17,18,21). The van der Waals surface area contributed by atoms with E-state index in [2.05, 4.69) is 20.6 Å². The van der Waals surface area contributed by atoms with Crippen molar-refractivity contribution in [2.45, 2.75) is 13.5 Å². The first-order valence-corrected chi connectivity index (χ1v) is 6.21. The van der Waals surface area contributed by atoms with Crippen LogP contribution in [-0.2, 0) is 6.54 Å². The van der Waals surface area contributed by atoms with E-state index >= 15 is 0 Å².